The van der Waals surface area contributed by atoms with Crippen LogP contribution in [0, 0.1) is 5.21 Å². The monoisotopic (exact) mass is 546 g/mol. The van der Waals surface area contributed by atoms with Gasteiger partial charge in [0, 0.05) is 55.2 Å². The topological polar surface area (TPSA) is 142 Å². The molecule has 4 aromatic rings. The molecule has 0 aliphatic carbocycles. The molecule has 14 heteroatoms. The van der Waals surface area contributed by atoms with Gasteiger partial charge in [-0.2, -0.15) is 0 Å². The number of fused-ring (bicyclic) bond motifs is 1. The van der Waals surface area contributed by atoms with Gasteiger partial charge in [-0.1, -0.05) is 0 Å². The van der Waals surface area contributed by atoms with Crippen molar-refractivity contribution in [3.8, 4) is 17.3 Å². The molecule has 0 saturated carbocycles. The molecule has 186 valence electrons. The molecule has 5 heterocycles. The van der Waals surface area contributed by atoms with Gasteiger partial charge in [0.1, 0.15) is 0 Å². The number of nitrogens with zero attached hydrogens (tertiary/aromatic N) is 7. The smallest absolute Gasteiger partial charge is 0.759 e. The van der Waals surface area contributed by atoms with E-state index in [9.17, 15) is 10.0 Å². The summed E-state index contributed by atoms with van der Waals surface area (Å²) in [6.45, 7) is 3.30. The van der Waals surface area contributed by atoms with E-state index in [4.69, 9.17) is 19.4 Å². The SMILES string of the molecule is COc1ccc(-c2nc(N3CCOCC3)c3sc(CN(C)c4ncc(C(=O)N[O-])cn4)cc3n2)cn1.[K+]. The molecule has 0 bridgehead atoms. The number of morpholine rings is 1. The number of carbonyl (C=O) groups excluding carboxylic acids is 1. The van der Waals surface area contributed by atoms with Crippen molar-refractivity contribution >= 4 is 39.2 Å². The van der Waals surface area contributed by atoms with Crippen LogP contribution in [0.4, 0.5) is 11.8 Å². The van der Waals surface area contributed by atoms with E-state index >= 15 is 0 Å². The molecular weight excluding hydrogens is 523 g/mol. The van der Waals surface area contributed by atoms with Gasteiger partial charge >= 0.3 is 51.4 Å². The van der Waals surface area contributed by atoms with Gasteiger partial charge in [0.05, 0.1) is 42.6 Å². The second-order valence-corrected chi connectivity index (χ2v) is 9.18. The zero-order chi connectivity index (χ0) is 25.1. The predicted octanol–water partition coefficient (Wildman–Crippen LogP) is -0.743. The van der Waals surface area contributed by atoms with Crippen LogP contribution in [0.5, 0.6) is 5.88 Å². The largest absolute Gasteiger partial charge is 1.00 e. The van der Waals surface area contributed by atoms with Crippen molar-refractivity contribution in [3.05, 3.63) is 52.4 Å². The summed E-state index contributed by atoms with van der Waals surface area (Å²) in [5.41, 5.74) is 3.07. The van der Waals surface area contributed by atoms with Crippen LogP contribution in [0.2, 0.25) is 0 Å². The Labute approximate surface area is 259 Å². The molecule has 37 heavy (non-hydrogen) atoms. The zero-order valence-electron chi connectivity index (χ0n) is 20.7. The molecule has 1 aliphatic rings. The third-order valence-corrected chi connectivity index (χ3v) is 6.75. The van der Waals surface area contributed by atoms with Crippen LogP contribution in [0.3, 0.4) is 0 Å². The quantitative estimate of drug-likeness (QED) is 0.231. The summed E-state index contributed by atoms with van der Waals surface area (Å²) in [6, 6.07) is 5.73. The molecule has 4 aromatic heterocycles. The molecule has 1 N–H and O–H groups in total. The molecule has 5 rings (SSSR count). The van der Waals surface area contributed by atoms with Gasteiger partial charge in [0.25, 0.3) is 0 Å². The maximum Gasteiger partial charge on any atom is 1.00 e. The van der Waals surface area contributed by atoms with E-state index in [0.717, 1.165) is 39.6 Å². The Hall–Kier alpha value is -2.30. The fraction of sp³-hybridized carbons (Fsp3) is 0.304. The molecule has 1 saturated heterocycles. The van der Waals surface area contributed by atoms with E-state index in [-0.39, 0.29) is 56.9 Å². The summed E-state index contributed by atoms with van der Waals surface area (Å²) in [5, 5.41) is 10.6. The van der Waals surface area contributed by atoms with Crippen molar-refractivity contribution < 1.29 is 65.7 Å². The van der Waals surface area contributed by atoms with E-state index in [0.29, 0.717) is 37.4 Å². The second-order valence-electron chi connectivity index (χ2n) is 8.05. The predicted molar refractivity (Wildman–Crippen MR) is 135 cm³/mol. The number of rotatable bonds is 7. The van der Waals surface area contributed by atoms with Gasteiger partial charge in [-0.15, -0.1) is 11.3 Å². The number of anilines is 2. The Morgan fingerprint density at radius 1 is 1.19 bits per heavy atom. The van der Waals surface area contributed by atoms with Gasteiger partial charge in [-0.3, -0.25) is 4.79 Å². The summed E-state index contributed by atoms with van der Waals surface area (Å²) in [6.07, 6.45) is 4.36. The molecule has 12 nitrogen and oxygen atoms in total. The zero-order valence-corrected chi connectivity index (χ0v) is 24.6. The standard InChI is InChI=1S/C23H23N8O4S.K/c1-30(23-25-11-15(12-26-23)22(32)29-33)13-16-9-17-19(36-16)21(31-5-7-35-8-6-31)28-20(27-17)14-3-4-18(34-2)24-10-14;/h3-4,9-12H,5-8,13H2,1-2H3,(H-,29,32,33);/q-1;+1. The van der Waals surface area contributed by atoms with Crippen molar-refractivity contribution in [2.75, 3.05) is 50.3 Å². The van der Waals surface area contributed by atoms with Crippen molar-refractivity contribution in [2.45, 2.75) is 6.54 Å². The summed E-state index contributed by atoms with van der Waals surface area (Å²) < 4.78 is 11.7. The first kappa shape index (κ1) is 27.7. The molecule has 0 atom stereocenters. The Morgan fingerprint density at radius 3 is 2.59 bits per heavy atom. The number of methoxy groups -OCH3 is 1. The summed E-state index contributed by atoms with van der Waals surface area (Å²) in [7, 11) is 3.43. The van der Waals surface area contributed by atoms with Crippen molar-refractivity contribution in [2.24, 2.45) is 0 Å². The van der Waals surface area contributed by atoms with Gasteiger partial charge < -0.3 is 30.0 Å². The van der Waals surface area contributed by atoms with E-state index in [1.807, 2.05) is 24.1 Å². The number of carbonyl (C=O) groups is 1. The van der Waals surface area contributed by atoms with E-state index in [1.54, 1.807) is 30.7 Å². The van der Waals surface area contributed by atoms with Gasteiger partial charge in [0.15, 0.2) is 11.6 Å². The fourth-order valence-electron chi connectivity index (χ4n) is 3.79. The second kappa shape index (κ2) is 12.5. The third-order valence-electron chi connectivity index (χ3n) is 5.65. The number of nitrogens with one attached hydrogen (secondary N) is 1. The molecule has 0 radical (unpaired) electrons. The summed E-state index contributed by atoms with van der Waals surface area (Å²) >= 11 is 1.62. The maximum atomic E-state index is 11.5. The molecule has 1 amide bonds. The Kier molecular flexibility index (Phi) is 9.36. The number of hydroxylamine groups is 1. The molecule has 0 aromatic carbocycles. The Bertz CT molecular complexity index is 1360. The third kappa shape index (κ3) is 6.23. The van der Waals surface area contributed by atoms with Gasteiger partial charge in [-0.25, -0.2) is 24.9 Å². The number of hydrogen-bond donors (Lipinski definition) is 1. The number of hydrogen-bond acceptors (Lipinski definition) is 12. The van der Waals surface area contributed by atoms with Crippen molar-refractivity contribution in [1.29, 1.82) is 0 Å². The molecular formula is C23H23KN8O4S. The molecule has 0 unspecified atom stereocenters. The molecule has 1 fully saturated rings. The number of amides is 1. The van der Waals surface area contributed by atoms with Crippen LogP contribution in [0.15, 0.2) is 36.8 Å². The van der Waals surface area contributed by atoms with Crippen LogP contribution in [-0.4, -0.2) is 71.3 Å². The van der Waals surface area contributed by atoms with Crippen LogP contribution in [0.25, 0.3) is 21.6 Å². The van der Waals surface area contributed by atoms with Gasteiger partial charge in [-0.05, 0) is 12.1 Å². The van der Waals surface area contributed by atoms with E-state index in [1.165, 1.54) is 17.9 Å². The van der Waals surface area contributed by atoms with Crippen LogP contribution < -0.4 is 71.4 Å². The first-order chi connectivity index (χ1) is 17.6. The summed E-state index contributed by atoms with van der Waals surface area (Å²) in [5.74, 6) is 1.65. The Morgan fingerprint density at radius 2 is 1.95 bits per heavy atom. The van der Waals surface area contributed by atoms with Crippen molar-refractivity contribution in [3.63, 3.8) is 0 Å². The average molecular weight is 547 g/mol. The van der Waals surface area contributed by atoms with Crippen LogP contribution >= 0.6 is 11.3 Å². The number of ether oxygens (including phenoxy) is 2. The molecule has 1 aliphatic heterocycles. The maximum absolute atomic E-state index is 11.5. The van der Waals surface area contributed by atoms with Crippen LogP contribution in [-0.2, 0) is 11.3 Å². The number of thiophene rings is 1. The minimum absolute atomic E-state index is 0. The Balaban J connectivity index is 0.00000320. The van der Waals surface area contributed by atoms with Gasteiger partial charge in [0.2, 0.25) is 17.7 Å². The number of aromatic nitrogens is 5. The van der Waals surface area contributed by atoms with Crippen LogP contribution in [0.1, 0.15) is 15.2 Å². The summed E-state index contributed by atoms with van der Waals surface area (Å²) in [4.78, 5) is 39.1. The molecule has 0 spiro atoms. The van der Waals surface area contributed by atoms with E-state index < -0.39 is 5.91 Å². The first-order valence-electron chi connectivity index (χ1n) is 11.1. The average Bonchev–Trinajstić information content (AvgIpc) is 3.35. The van der Waals surface area contributed by atoms with E-state index in [2.05, 4.69) is 19.9 Å². The number of pyridine rings is 1. The minimum Gasteiger partial charge on any atom is -0.759 e. The van der Waals surface area contributed by atoms with Crippen molar-refractivity contribution in [1.82, 2.24) is 30.4 Å². The normalized spacial score (nSPS) is 13.2. The first-order valence-corrected chi connectivity index (χ1v) is 12.0. The minimum atomic E-state index is -0.772. The fourth-order valence-corrected chi connectivity index (χ4v) is 4.96.